The molecule has 0 aliphatic rings. The van der Waals surface area contributed by atoms with Gasteiger partial charge in [-0.3, -0.25) is 4.40 Å². The average Bonchev–Trinajstić information content (AvgIpc) is 3.95. The number of hydrogen-bond donors (Lipinski definition) is 0. The molecule has 0 unspecified atom stereocenters. The van der Waals surface area contributed by atoms with Crippen LogP contribution in [0.5, 0.6) is 0 Å². The van der Waals surface area contributed by atoms with Gasteiger partial charge in [0.2, 0.25) is 0 Å². The van der Waals surface area contributed by atoms with Crippen LogP contribution in [0.15, 0.2) is 170 Å². The van der Waals surface area contributed by atoms with E-state index >= 15 is 0 Å². The molecule has 13 aromatic rings. The molecule has 4 heteroatoms. The van der Waals surface area contributed by atoms with Crippen LogP contribution in [-0.4, -0.2) is 13.8 Å². The molecular formula is C49H28N4. The summed E-state index contributed by atoms with van der Waals surface area (Å²) < 4.78 is 4.93. The number of pyridine rings is 1. The highest BCUT2D eigenvalue weighted by atomic mass is 15.2. The molecule has 244 valence electrons. The van der Waals surface area contributed by atoms with Crippen molar-refractivity contribution in [2.45, 2.75) is 0 Å². The Morgan fingerprint density at radius 3 is 1.68 bits per heavy atom. The maximum absolute atomic E-state index is 5.41. The summed E-state index contributed by atoms with van der Waals surface area (Å²) in [5, 5.41) is 15.0. The summed E-state index contributed by atoms with van der Waals surface area (Å²) in [4.78, 5) is 7.83. The van der Waals surface area contributed by atoms with Gasteiger partial charge in [0.05, 0.1) is 39.5 Å². The maximum Gasteiger partial charge on any atom is 0.146 e. The number of anilines is 3. The Morgan fingerprint density at radius 1 is 0.377 bits per heavy atom. The van der Waals surface area contributed by atoms with Gasteiger partial charge in [0.1, 0.15) is 5.65 Å². The Morgan fingerprint density at radius 2 is 0.943 bits per heavy atom. The molecule has 0 fully saturated rings. The summed E-state index contributed by atoms with van der Waals surface area (Å²) >= 11 is 0. The van der Waals surface area contributed by atoms with E-state index < -0.39 is 0 Å². The molecule has 0 aliphatic heterocycles. The quantitative estimate of drug-likeness (QED) is 0.187. The topological polar surface area (TPSA) is 24.9 Å². The van der Waals surface area contributed by atoms with Crippen LogP contribution >= 0.6 is 0 Å². The molecule has 8 aromatic carbocycles. The monoisotopic (exact) mass is 672 g/mol. The second kappa shape index (κ2) is 9.78. The van der Waals surface area contributed by atoms with E-state index in [2.05, 4.69) is 184 Å². The predicted octanol–water partition coefficient (Wildman–Crippen LogP) is 13.2. The minimum absolute atomic E-state index is 1.01. The lowest BCUT2D eigenvalue weighted by Gasteiger charge is -2.27. The van der Waals surface area contributed by atoms with Crippen molar-refractivity contribution in [3.63, 3.8) is 0 Å². The van der Waals surface area contributed by atoms with Crippen molar-refractivity contribution in [1.29, 1.82) is 0 Å². The van der Waals surface area contributed by atoms with Crippen LogP contribution < -0.4 is 4.90 Å². The van der Waals surface area contributed by atoms with Gasteiger partial charge in [-0.1, -0.05) is 121 Å². The fourth-order valence-corrected chi connectivity index (χ4v) is 9.64. The standard InChI is InChI=1S/C49H28N4/c1-3-16-32(17-4-1)51(33-18-5-2-6-19-33)41-27-31-15-9-10-20-34(31)43-36-22-12-23-37-44-42(52(47(36)37)48(41)43)28-50-49-45(44)38-24-11-21-35-39-25-29-13-7-8-14-30(29)26-40(39)53(49)46(35)38/h1-28H. The smallest absolute Gasteiger partial charge is 0.146 e. The number of aromatic nitrogens is 3. The van der Waals surface area contributed by atoms with E-state index in [9.17, 15) is 0 Å². The molecule has 5 aromatic heterocycles. The normalized spacial score (nSPS) is 12.5. The van der Waals surface area contributed by atoms with Gasteiger partial charge in [-0.25, -0.2) is 4.98 Å². The Balaban J connectivity index is 1.25. The van der Waals surface area contributed by atoms with Crippen LogP contribution in [0.4, 0.5) is 17.1 Å². The number of rotatable bonds is 3. The summed E-state index contributed by atoms with van der Waals surface area (Å²) in [6, 6.07) is 59.7. The van der Waals surface area contributed by atoms with Crippen LogP contribution in [0.2, 0.25) is 0 Å². The van der Waals surface area contributed by atoms with E-state index in [0.29, 0.717) is 0 Å². The lowest BCUT2D eigenvalue weighted by molar-refractivity contribution is 1.25. The molecule has 0 aliphatic carbocycles. The number of nitrogens with zero attached hydrogens (tertiary/aromatic N) is 4. The molecule has 53 heavy (non-hydrogen) atoms. The maximum atomic E-state index is 5.41. The highest BCUT2D eigenvalue weighted by molar-refractivity contribution is 6.37. The van der Waals surface area contributed by atoms with E-state index in [1.165, 1.54) is 86.7 Å². The largest absolute Gasteiger partial charge is 0.308 e. The first kappa shape index (κ1) is 27.5. The first-order valence-electron chi connectivity index (χ1n) is 18.2. The summed E-state index contributed by atoms with van der Waals surface area (Å²) in [6.45, 7) is 0. The van der Waals surface area contributed by atoms with Gasteiger partial charge >= 0.3 is 0 Å². The number of benzene rings is 8. The van der Waals surface area contributed by atoms with Gasteiger partial charge in [0.25, 0.3) is 0 Å². The van der Waals surface area contributed by atoms with Gasteiger partial charge in [0, 0.05) is 54.5 Å². The number of para-hydroxylation sites is 4. The molecule has 0 spiro atoms. The second-order valence-electron chi connectivity index (χ2n) is 14.4. The third-order valence-electron chi connectivity index (χ3n) is 11.7. The molecule has 5 heterocycles. The first-order chi connectivity index (χ1) is 26.3. The highest BCUT2D eigenvalue weighted by Gasteiger charge is 2.28. The third-order valence-corrected chi connectivity index (χ3v) is 11.7. The van der Waals surface area contributed by atoms with Gasteiger partial charge in [-0.05, 0) is 64.0 Å². The minimum atomic E-state index is 1.01. The average molecular weight is 673 g/mol. The summed E-state index contributed by atoms with van der Waals surface area (Å²) in [5.74, 6) is 0. The van der Waals surface area contributed by atoms with E-state index in [1.807, 2.05) is 0 Å². The Labute approximate surface area is 302 Å². The molecular weight excluding hydrogens is 645 g/mol. The van der Waals surface area contributed by atoms with Crippen molar-refractivity contribution in [2.75, 3.05) is 4.90 Å². The molecule has 0 bridgehead atoms. The minimum Gasteiger partial charge on any atom is -0.308 e. The lowest BCUT2D eigenvalue weighted by atomic mass is 9.99. The van der Waals surface area contributed by atoms with Crippen molar-refractivity contribution < 1.29 is 0 Å². The van der Waals surface area contributed by atoms with Crippen molar-refractivity contribution >= 4 is 115 Å². The molecule has 0 radical (unpaired) electrons. The van der Waals surface area contributed by atoms with E-state index in [1.54, 1.807) is 0 Å². The van der Waals surface area contributed by atoms with Crippen LogP contribution in [0, 0.1) is 0 Å². The highest BCUT2D eigenvalue weighted by Crippen LogP contribution is 2.50. The Kier molecular flexibility index (Phi) is 5.08. The van der Waals surface area contributed by atoms with E-state index in [-0.39, 0.29) is 0 Å². The van der Waals surface area contributed by atoms with Crippen molar-refractivity contribution in [2.24, 2.45) is 0 Å². The van der Waals surface area contributed by atoms with Crippen LogP contribution in [0.1, 0.15) is 0 Å². The Hall–Kier alpha value is -7.17. The lowest BCUT2D eigenvalue weighted by Crippen LogP contribution is -2.11. The Bertz CT molecular complexity index is 3580. The molecule has 0 atom stereocenters. The van der Waals surface area contributed by atoms with Gasteiger partial charge in [-0.15, -0.1) is 0 Å². The summed E-state index contributed by atoms with van der Waals surface area (Å²) in [5.41, 5.74) is 10.4. The van der Waals surface area contributed by atoms with Crippen molar-refractivity contribution in [3.05, 3.63) is 170 Å². The molecule has 0 saturated heterocycles. The van der Waals surface area contributed by atoms with Crippen LogP contribution in [0.25, 0.3) is 97.9 Å². The zero-order valence-electron chi connectivity index (χ0n) is 28.5. The zero-order valence-corrected chi connectivity index (χ0v) is 28.5. The van der Waals surface area contributed by atoms with Gasteiger partial charge in [-0.2, -0.15) is 0 Å². The molecule has 4 nitrogen and oxygen atoms in total. The van der Waals surface area contributed by atoms with Gasteiger partial charge in [0.15, 0.2) is 0 Å². The summed E-state index contributed by atoms with van der Waals surface area (Å²) in [6.07, 6.45) is 2.13. The van der Waals surface area contributed by atoms with Crippen LogP contribution in [0.3, 0.4) is 0 Å². The fraction of sp³-hybridized carbons (Fsp3) is 0. The third kappa shape index (κ3) is 3.39. The SMILES string of the molecule is c1ccc(N(c2ccccc2)c2cc3ccccc3c3c4cccc5c6c7c8cccc9c%10cc%11ccccc%11cc%10n(c7ncc6n(c23)c54)c98)cc1. The van der Waals surface area contributed by atoms with Gasteiger partial charge < -0.3 is 9.30 Å². The fourth-order valence-electron chi connectivity index (χ4n) is 9.64. The van der Waals surface area contributed by atoms with Crippen LogP contribution in [-0.2, 0) is 0 Å². The van der Waals surface area contributed by atoms with Crippen molar-refractivity contribution in [1.82, 2.24) is 13.8 Å². The zero-order chi connectivity index (χ0) is 34.4. The molecule has 0 amide bonds. The van der Waals surface area contributed by atoms with Crippen molar-refractivity contribution in [3.8, 4) is 0 Å². The second-order valence-corrected chi connectivity index (χ2v) is 14.4. The summed E-state index contributed by atoms with van der Waals surface area (Å²) in [7, 11) is 0. The van der Waals surface area contributed by atoms with E-state index in [0.717, 1.165) is 28.2 Å². The predicted molar refractivity (Wildman–Crippen MR) is 223 cm³/mol. The molecule has 0 N–H and O–H groups in total. The molecule has 13 rings (SSSR count). The van der Waals surface area contributed by atoms with E-state index in [4.69, 9.17) is 4.98 Å². The first-order valence-corrected chi connectivity index (χ1v) is 18.2. The number of fused-ring (bicyclic) bond motifs is 16. The molecule has 0 saturated carbocycles. The number of hydrogen-bond acceptors (Lipinski definition) is 2.